The van der Waals surface area contributed by atoms with Gasteiger partial charge in [0.15, 0.2) is 0 Å². The second-order valence-corrected chi connectivity index (χ2v) is 6.41. The SMILES string of the molecule is CCCCNC(=O)c1ccc(CNCc2cc(C)cc(C)c2)cc1. The zero-order valence-corrected chi connectivity index (χ0v) is 15.0. The molecule has 0 saturated heterocycles. The van der Waals surface area contributed by atoms with Crippen LogP contribution in [0.3, 0.4) is 0 Å². The minimum Gasteiger partial charge on any atom is -0.352 e. The van der Waals surface area contributed by atoms with Gasteiger partial charge < -0.3 is 10.6 Å². The molecule has 0 heterocycles. The van der Waals surface area contributed by atoms with Crippen LogP contribution in [0.4, 0.5) is 0 Å². The van der Waals surface area contributed by atoms with Crippen LogP contribution in [-0.4, -0.2) is 12.5 Å². The van der Waals surface area contributed by atoms with Crippen molar-refractivity contribution in [3.63, 3.8) is 0 Å². The molecular formula is C21H28N2O. The van der Waals surface area contributed by atoms with Crippen molar-refractivity contribution in [2.24, 2.45) is 0 Å². The van der Waals surface area contributed by atoms with E-state index < -0.39 is 0 Å². The molecule has 2 aromatic carbocycles. The van der Waals surface area contributed by atoms with Crippen LogP contribution in [0.15, 0.2) is 42.5 Å². The number of nitrogens with one attached hydrogen (secondary N) is 2. The Hall–Kier alpha value is -2.13. The van der Waals surface area contributed by atoms with Crippen LogP contribution in [0.2, 0.25) is 0 Å². The van der Waals surface area contributed by atoms with E-state index in [2.05, 4.69) is 49.6 Å². The van der Waals surface area contributed by atoms with Crippen LogP contribution in [0, 0.1) is 13.8 Å². The number of carbonyl (C=O) groups excluding carboxylic acids is 1. The quantitative estimate of drug-likeness (QED) is 0.717. The fraction of sp³-hybridized carbons (Fsp3) is 0.381. The van der Waals surface area contributed by atoms with Crippen LogP contribution in [-0.2, 0) is 13.1 Å². The molecule has 0 aliphatic rings. The summed E-state index contributed by atoms with van der Waals surface area (Å²) in [5.74, 6) is 0.0122. The lowest BCUT2D eigenvalue weighted by molar-refractivity contribution is 0.0953. The van der Waals surface area contributed by atoms with Gasteiger partial charge in [-0.05, 0) is 43.5 Å². The number of carbonyl (C=O) groups is 1. The normalized spacial score (nSPS) is 10.6. The van der Waals surface area contributed by atoms with E-state index in [1.165, 1.54) is 22.3 Å². The Bertz CT molecular complexity index is 642. The first-order chi connectivity index (χ1) is 11.6. The van der Waals surface area contributed by atoms with Gasteiger partial charge in [0.1, 0.15) is 0 Å². The highest BCUT2D eigenvalue weighted by molar-refractivity contribution is 5.94. The van der Waals surface area contributed by atoms with Crippen molar-refractivity contribution in [1.82, 2.24) is 10.6 Å². The zero-order chi connectivity index (χ0) is 17.4. The standard InChI is InChI=1S/C21H28N2O/c1-4-5-10-23-21(24)20-8-6-18(7-9-20)14-22-15-19-12-16(2)11-17(3)13-19/h6-9,11-13,22H,4-5,10,14-15H2,1-3H3,(H,23,24). The Balaban J connectivity index is 1.82. The van der Waals surface area contributed by atoms with Crippen LogP contribution >= 0.6 is 0 Å². The maximum absolute atomic E-state index is 12.0. The van der Waals surface area contributed by atoms with E-state index in [1.54, 1.807) is 0 Å². The van der Waals surface area contributed by atoms with Crippen LogP contribution in [0.25, 0.3) is 0 Å². The molecule has 0 aliphatic heterocycles. The predicted octanol–water partition coefficient (Wildman–Crippen LogP) is 4.12. The van der Waals surface area contributed by atoms with Crippen molar-refractivity contribution in [2.45, 2.75) is 46.7 Å². The lowest BCUT2D eigenvalue weighted by Crippen LogP contribution is -2.24. The summed E-state index contributed by atoms with van der Waals surface area (Å²) < 4.78 is 0. The minimum absolute atomic E-state index is 0.0122. The highest BCUT2D eigenvalue weighted by Gasteiger charge is 2.04. The third-order valence-electron chi connectivity index (χ3n) is 3.97. The third-order valence-corrected chi connectivity index (χ3v) is 3.97. The summed E-state index contributed by atoms with van der Waals surface area (Å²) in [7, 11) is 0. The van der Waals surface area contributed by atoms with Gasteiger partial charge in [0, 0.05) is 25.2 Å². The Morgan fingerprint density at radius 1 is 0.917 bits per heavy atom. The van der Waals surface area contributed by atoms with Crippen molar-refractivity contribution in [3.05, 3.63) is 70.3 Å². The van der Waals surface area contributed by atoms with Crippen LogP contribution < -0.4 is 10.6 Å². The second kappa shape index (κ2) is 9.24. The van der Waals surface area contributed by atoms with Crippen LogP contribution in [0.5, 0.6) is 0 Å². The molecule has 0 bridgehead atoms. The molecule has 2 N–H and O–H groups in total. The maximum atomic E-state index is 12.0. The fourth-order valence-electron chi connectivity index (χ4n) is 2.78. The first-order valence-corrected chi connectivity index (χ1v) is 8.73. The zero-order valence-electron chi connectivity index (χ0n) is 15.0. The highest BCUT2D eigenvalue weighted by atomic mass is 16.1. The topological polar surface area (TPSA) is 41.1 Å². The summed E-state index contributed by atoms with van der Waals surface area (Å²) in [4.78, 5) is 12.0. The Morgan fingerprint density at radius 3 is 2.17 bits per heavy atom. The number of aryl methyl sites for hydroxylation is 2. The monoisotopic (exact) mass is 324 g/mol. The molecule has 24 heavy (non-hydrogen) atoms. The van der Waals surface area contributed by atoms with Gasteiger partial charge >= 0.3 is 0 Å². The van der Waals surface area contributed by atoms with E-state index in [0.29, 0.717) is 0 Å². The highest BCUT2D eigenvalue weighted by Crippen LogP contribution is 2.09. The summed E-state index contributed by atoms with van der Waals surface area (Å²) in [5, 5.41) is 6.40. The summed E-state index contributed by atoms with van der Waals surface area (Å²) >= 11 is 0. The summed E-state index contributed by atoms with van der Waals surface area (Å²) in [6.45, 7) is 8.76. The van der Waals surface area contributed by atoms with Gasteiger partial charge in [0.05, 0.1) is 0 Å². The van der Waals surface area contributed by atoms with Gasteiger partial charge in [-0.3, -0.25) is 4.79 Å². The van der Waals surface area contributed by atoms with Crippen LogP contribution in [0.1, 0.15) is 52.4 Å². The summed E-state index contributed by atoms with van der Waals surface area (Å²) in [6, 6.07) is 14.4. The van der Waals surface area contributed by atoms with Gasteiger partial charge in [-0.2, -0.15) is 0 Å². The van der Waals surface area contributed by atoms with Crippen molar-refractivity contribution in [3.8, 4) is 0 Å². The molecule has 3 nitrogen and oxygen atoms in total. The van der Waals surface area contributed by atoms with E-state index in [4.69, 9.17) is 0 Å². The smallest absolute Gasteiger partial charge is 0.251 e. The van der Waals surface area contributed by atoms with Crippen molar-refractivity contribution in [2.75, 3.05) is 6.54 Å². The van der Waals surface area contributed by atoms with Crippen molar-refractivity contribution >= 4 is 5.91 Å². The van der Waals surface area contributed by atoms with E-state index in [9.17, 15) is 4.79 Å². The fourth-order valence-corrected chi connectivity index (χ4v) is 2.78. The number of benzene rings is 2. The molecule has 0 unspecified atom stereocenters. The molecule has 0 atom stereocenters. The van der Waals surface area contributed by atoms with E-state index >= 15 is 0 Å². The predicted molar refractivity (Wildman–Crippen MR) is 100 cm³/mol. The average Bonchev–Trinajstić information content (AvgIpc) is 2.55. The summed E-state index contributed by atoms with van der Waals surface area (Å²) in [6.07, 6.45) is 2.11. The third kappa shape index (κ3) is 5.82. The first-order valence-electron chi connectivity index (χ1n) is 8.73. The minimum atomic E-state index is 0.0122. The second-order valence-electron chi connectivity index (χ2n) is 6.41. The Kier molecular flexibility index (Phi) is 7.01. The molecule has 128 valence electrons. The lowest BCUT2D eigenvalue weighted by atomic mass is 10.1. The number of hydrogen-bond acceptors (Lipinski definition) is 2. The molecule has 2 rings (SSSR count). The lowest BCUT2D eigenvalue weighted by Gasteiger charge is -2.08. The van der Waals surface area contributed by atoms with E-state index in [1.807, 2.05) is 24.3 Å². The van der Waals surface area contributed by atoms with Gasteiger partial charge in [-0.25, -0.2) is 0 Å². The Labute approximate surface area is 145 Å². The van der Waals surface area contributed by atoms with Gasteiger partial charge in [-0.1, -0.05) is 54.8 Å². The van der Waals surface area contributed by atoms with E-state index in [0.717, 1.165) is 38.0 Å². The van der Waals surface area contributed by atoms with E-state index in [-0.39, 0.29) is 5.91 Å². The van der Waals surface area contributed by atoms with Gasteiger partial charge in [-0.15, -0.1) is 0 Å². The molecule has 0 spiro atoms. The van der Waals surface area contributed by atoms with Gasteiger partial charge in [0.2, 0.25) is 0 Å². The molecule has 0 radical (unpaired) electrons. The molecule has 1 amide bonds. The molecule has 0 fully saturated rings. The number of hydrogen-bond donors (Lipinski definition) is 2. The first kappa shape index (κ1) is 18.2. The number of rotatable bonds is 8. The molecule has 2 aromatic rings. The largest absolute Gasteiger partial charge is 0.352 e. The Morgan fingerprint density at radius 2 is 1.54 bits per heavy atom. The van der Waals surface area contributed by atoms with Crippen molar-refractivity contribution in [1.29, 1.82) is 0 Å². The average molecular weight is 324 g/mol. The molecule has 3 heteroatoms. The molecule has 0 aliphatic carbocycles. The number of amides is 1. The maximum Gasteiger partial charge on any atom is 0.251 e. The summed E-state index contributed by atoms with van der Waals surface area (Å²) in [5.41, 5.74) is 5.81. The molecular weight excluding hydrogens is 296 g/mol. The van der Waals surface area contributed by atoms with Crippen molar-refractivity contribution < 1.29 is 4.79 Å². The molecule has 0 aromatic heterocycles. The molecule has 0 saturated carbocycles. The number of unbranched alkanes of at least 4 members (excludes halogenated alkanes) is 1. The van der Waals surface area contributed by atoms with Gasteiger partial charge in [0.25, 0.3) is 5.91 Å².